The van der Waals surface area contributed by atoms with E-state index in [1.165, 1.54) is 0 Å². The first-order chi connectivity index (χ1) is 6.04. The molecule has 0 atom stereocenters. The SMILES string of the molecule is C=CCC(C)C.C=CCOC(C)C. The van der Waals surface area contributed by atoms with Crippen LogP contribution < -0.4 is 0 Å². The van der Waals surface area contributed by atoms with Crippen LogP contribution in [0.2, 0.25) is 0 Å². The second-order valence-electron chi connectivity index (χ2n) is 3.59. The van der Waals surface area contributed by atoms with Crippen LogP contribution in [0.4, 0.5) is 0 Å². The molecule has 0 radical (unpaired) electrons. The van der Waals surface area contributed by atoms with Gasteiger partial charge in [-0.15, -0.1) is 13.2 Å². The van der Waals surface area contributed by atoms with Gasteiger partial charge in [-0.1, -0.05) is 26.0 Å². The number of rotatable bonds is 5. The fourth-order valence-corrected chi connectivity index (χ4v) is 0.594. The van der Waals surface area contributed by atoms with Crippen molar-refractivity contribution in [3.63, 3.8) is 0 Å². The molecule has 0 aliphatic heterocycles. The highest BCUT2D eigenvalue weighted by molar-refractivity contribution is 4.67. The third-order valence-corrected chi connectivity index (χ3v) is 1.19. The first-order valence-corrected chi connectivity index (χ1v) is 4.88. The zero-order valence-electron chi connectivity index (χ0n) is 9.55. The molecule has 0 fully saturated rings. The number of hydrogen-bond acceptors (Lipinski definition) is 1. The molecule has 0 amide bonds. The van der Waals surface area contributed by atoms with Gasteiger partial charge in [0.15, 0.2) is 0 Å². The van der Waals surface area contributed by atoms with Gasteiger partial charge in [0.05, 0.1) is 12.7 Å². The normalized spacial score (nSPS) is 9.38. The van der Waals surface area contributed by atoms with Gasteiger partial charge < -0.3 is 4.74 Å². The number of allylic oxidation sites excluding steroid dienone is 1. The summed E-state index contributed by atoms with van der Waals surface area (Å²) in [6.45, 7) is 16.1. The molecule has 0 heterocycles. The lowest BCUT2D eigenvalue weighted by Gasteiger charge is -2.01. The average molecular weight is 184 g/mol. The monoisotopic (exact) mass is 184 g/mol. The maximum Gasteiger partial charge on any atom is 0.0648 e. The van der Waals surface area contributed by atoms with Crippen LogP contribution in [0.1, 0.15) is 34.1 Å². The first-order valence-electron chi connectivity index (χ1n) is 4.88. The van der Waals surface area contributed by atoms with E-state index in [9.17, 15) is 0 Å². The van der Waals surface area contributed by atoms with Gasteiger partial charge in [-0.25, -0.2) is 0 Å². The van der Waals surface area contributed by atoms with Crippen molar-refractivity contribution in [1.29, 1.82) is 0 Å². The molecule has 0 aromatic carbocycles. The second-order valence-corrected chi connectivity index (χ2v) is 3.59. The summed E-state index contributed by atoms with van der Waals surface area (Å²) in [6.07, 6.45) is 5.17. The third-order valence-electron chi connectivity index (χ3n) is 1.19. The van der Waals surface area contributed by atoms with Gasteiger partial charge in [-0.05, 0) is 26.2 Å². The topological polar surface area (TPSA) is 9.23 Å². The molecule has 0 aromatic rings. The summed E-state index contributed by atoms with van der Waals surface area (Å²) in [5.74, 6) is 0.780. The van der Waals surface area contributed by atoms with Crippen molar-refractivity contribution in [1.82, 2.24) is 0 Å². The fraction of sp³-hybridized carbons (Fsp3) is 0.667. The minimum absolute atomic E-state index is 0.331. The van der Waals surface area contributed by atoms with E-state index in [1.807, 2.05) is 19.9 Å². The average Bonchev–Trinajstić information content (AvgIpc) is 2.01. The highest BCUT2D eigenvalue weighted by atomic mass is 16.5. The van der Waals surface area contributed by atoms with E-state index in [0.717, 1.165) is 12.3 Å². The highest BCUT2D eigenvalue weighted by Gasteiger charge is 1.85. The molecule has 0 unspecified atom stereocenters. The summed E-state index contributed by atoms with van der Waals surface area (Å²) in [7, 11) is 0. The predicted octanol–water partition coefficient (Wildman–Crippen LogP) is 3.82. The Labute approximate surface area is 83.5 Å². The van der Waals surface area contributed by atoms with Crippen molar-refractivity contribution < 1.29 is 4.74 Å². The van der Waals surface area contributed by atoms with Gasteiger partial charge in [0, 0.05) is 0 Å². The molecule has 0 spiro atoms. The van der Waals surface area contributed by atoms with Gasteiger partial charge in [0.2, 0.25) is 0 Å². The van der Waals surface area contributed by atoms with E-state index in [4.69, 9.17) is 4.74 Å². The van der Waals surface area contributed by atoms with Crippen LogP contribution in [0.3, 0.4) is 0 Å². The Hall–Kier alpha value is -0.560. The van der Waals surface area contributed by atoms with Crippen molar-refractivity contribution in [2.45, 2.75) is 40.2 Å². The molecule has 0 bridgehead atoms. The largest absolute Gasteiger partial charge is 0.375 e. The zero-order chi connectivity index (χ0) is 10.7. The molecule has 0 saturated heterocycles. The van der Waals surface area contributed by atoms with Gasteiger partial charge in [0.25, 0.3) is 0 Å². The minimum Gasteiger partial charge on any atom is -0.375 e. The molecular weight excluding hydrogens is 160 g/mol. The van der Waals surface area contributed by atoms with Crippen molar-refractivity contribution in [3.8, 4) is 0 Å². The third kappa shape index (κ3) is 24.6. The number of ether oxygens (including phenoxy) is 1. The lowest BCUT2D eigenvalue weighted by molar-refractivity contribution is 0.103. The quantitative estimate of drug-likeness (QED) is 0.590. The Morgan fingerprint density at radius 2 is 1.62 bits per heavy atom. The van der Waals surface area contributed by atoms with Crippen LogP contribution in [0.25, 0.3) is 0 Å². The predicted molar refractivity (Wildman–Crippen MR) is 60.9 cm³/mol. The molecular formula is C12H24O. The second kappa shape index (κ2) is 11.4. The smallest absolute Gasteiger partial charge is 0.0648 e. The van der Waals surface area contributed by atoms with E-state index >= 15 is 0 Å². The lowest BCUT2D eigenvalue weighted by atomic mass is 10.1. The first kappa shape index (κ1) is 14.9. The maximum absolute atomic E-state index is 5.07. The van der Waals surface area contributed by atoms with Crippen LogP contribution in [-0.2, 0) is 4.74 Å². The molecule has 0 aromatic heterocycles. The van der Waals surface area contributed by atoms with Gasteiger partial charge >= 0.3 is 0 Å². The van der Waals surface area contributed by atoms with Crippen molar-refractivity contribution in [2.24, 2.45) is 5.92 Å². The zero-order valence-corrected chi connectivity index (χ0v) is 9.55. The fourth-order valence-electron chi connectivity index (χ4n) is 0.594. The Bertz CT molecular complexity index is 114. The summed E-state index contributed by atoms with van der Waals surface area (Å²) in [4.78, 5) is 0. The van der Waals surface area contributed by atoms with Crippen LogP contribution in [-0.4, -0.2) is 12.7 Å². The summed E-state index contributed by atoms with van der Waals surface area (Å²) in [6, 6.07) is 0. The van der Waals surface area contributed by atoms with Crippen LogP contribution in [0.5, 0.6) is 0 Å². The maximum atomic E-state index is 5.07. The Morgan fingerprint density at radius 1 is 1.08 bits per heavy atom. The molecule has 0 aliphatic rings. The van der Waals surface area contributed by atoms with Crippen LogP contribution in [0, 0.1) is 5.92 Å². The van der Waals surface area contributed by atoms with E-state index in [1.54, 1.807) is 6.08 Å². The molecule has 0 N–H and O–H groups in total. The van der Waals surface area contributed by atoms with E-state index in [-0.39, 0.29) is 0 Å². The molecule has 1 heteroatoms. The van der Waals surface area contributed by atoms with Crippen LogP contribution >= 0.6 is 0 Å². The van der Waals surface area contributed by atoms with E-state index < -0.39 is 0 Å². The molecule has 0 aliphatic carbocycles. The Balaban J connectivity index is 0. The summed E-state index contributed by atoms with van der Waals surface area (Å²) >= 11 is 0. The van der Waals surface area contributed by atoms with Crippen molar-refractivity contribution >= 4 is 0 Å². The van der Waals surface area contributed by atoms with E-state index in [2.05, 4.69) is 27.0 Å². The highest BCUT2D eigenvalue weighted by Crippen LogP contribution is 1.96. The summed E-state index contributed by atoms with van der Waals surface area (Å²) < 4.78 is 5.07. The standard InChI is InChI=1S/C6H12O.C6H12/c1-4-5-7-6(2)3;1-4-5-6(2)3/h4,6H,1,5H2,2-3H3;4,6H,1,5H2,2-3H3. The van der Waals surface area contributed by atoms with E-state index in [0.29, 0.717) is 12.7 Å². The van der Waals surface area contributed by atoms with Gasteiger partial charge in [-0.3, -0.25) is 0 Å². The molecule has 1 nitrogen and oxygen atoms in total. The Kier molecular flexibility index (Phi) is 13.1. The Morgan fingerprint density at radius 3 is 1.69 bits per heavy atom. The number of hydrogen-bond donors (Lipinski definition) is 0. The van der Waals surface area contributed by atoms with Gasteiger partial charge in [-0.2, -0.15) is 0 Å². The van der Waals surface area contributed by atoms with Gasteiger partial charge in [0.1, 0.15) is 0 Å². The van der Waals surface area contributed by atoms with Crippen molar-refractivity contribution in [3.05, 3.63) is 25.3 Å². The molecule has 0 saturated carbocycles. The molecule has 0 rings (SSSR count). The molecule has 13 heavy (non-hydrogen) atoms. The summed E-state index contributed by atoms with van der Waals surface area (Å²) in [5, 5.41) is 0. The lowest BCUT2D eigenvalue weighted by Crippen LogP contribution is -2.00. The van der Waals surface area contributed by atoms with Crippen molar-refractivity contribution in [2.75, 3.05) is 6.61 Å². The minimum atomic E-state index is 0.331. The summed E-state index contributed by atoms with van der Waals surface area (Å²) in [5.41, 5.74) is 0. The molecule has 78 valence electrons. The van der Waals surface area contributed by atoms with Crippen LogP contribution in [0.15, 0.2) is 25.3 Å².